The second kappa shape index (κ2) is 6.74. The van der Waals surface area contributed by atoms with Gasteiger partial charge < -0.3 is 15.5 Å². The number of pyridine rings is 1. The lowest BCUT2D eigenvalue weighted by Gasteiger charge is -2.55. The molecule has 1 spiro atoms. The lowest BCUT2D eigenvalue weighted by Crippen LogP contribution is -2.60. The fourth-order valence-electron chi connectivity index (χ4n) is 5.22. The minimum Gasteiger partial charge on any atom is -0.506 e. The first-order valence-electron chi connectivity index (χ1n) is 10.1. The number of nitrogens with zero attached hydrogens (tertiary/aromatic N) is 1. The third-order valence-electron chi connectivity index (χ3n) is 6.83. The molecule has 2 atom stereocenters. The minimum atomic E-state index is -4.89. The summed E-state index contributed by atoms with van der Waals surface area (Å²) in [6, 6.07) is 9.91. The van der Waals surface area contributed by atoms with Crippen LogP contribution >= 0.6 is 11.6 Å². The molecule has 0 bridgehead atoms. The van der Waals surface area contributed by atoms with E-state index in [0.29, 0.717) is 35.0 Å². The molecule has 2 aromatic carbocycles. The summed E-state index contributed by atoms with van der Waals surface area (Å²) in [6.45, 7) is 0. The van der Waals surface area contributed by atoms with Crippen LogP contribution in [0.5, 0.6) is 5.75 Å². The Labute approximate surface area is 181 Å². The van der Waals surface area contributed by atoms with Crippen molar-refractivity contribution in [3.63, 3.8) is 0 Å². The van der Waals surface area contributed by atoms with Crippen molar-refractivity contribution in [3.8, 4) is 5.75 Å². The first-order valence-corrected chi connectivity index (χ1v) is 10.5. The van der Waals surface area contributed by atoms with Crippen molar-refractivity contribution in [2.45, 2.75) is 48.9 Å². The SMILES string of the molecule is Oc1c(Cl)ccc2c1C1(CCC1)CC(O)(C(F)(F)F)C2Nc1cccc2ncccc12. The van der Waals surface area contributed by atoms with Gasteiger partial charge in [-0.1, -0.05) is 30.2 Å². The second-order valence-electron chi connectivity index (χ2n) is 8.55. The van der Waals surface area contributed by atoms with Gasteiger partial charge in [-0.25, -0.2) is 0 Å². The van der Waals surface area contributed by atoms with Crippen molar-refractivity contribution in [2.75, 3.05) is 5.32 Å². The van der Waals surface area contributed by atoms with Gasteiger partial charge in [-0.05, 0) is 55.2 Å². The minimum absolute atomic E-state index is 0.0931. The lowest BCUT2D eigenvalue weighted by atomic mass is 9.53. The Morgan fingerprint density at radius 2 is 1.87 bits per heavy atom. The number of hydrogen-bond acceptors (Lipinski definition) is 4. The van der Waals surface area contributed by atoms with E-state index < -0.39 is 29.7 Å². The van der Waals surface area contributed by atoms with E-state index in [0.717, 1.165) is 6.42 Å². The molecule has 5 rings (SSSR count). The standard InChI is InChI=1S/C23H20ClF3N2O2/c24-15-8-7-14-18(19(15)30)21(9-3-10-21)12-22(31,23(25,26)27)20(14)29-17-6-1-5-16-13(17)4-2-11-28-16/h1-2,4-8,11,20,29-31H,3,9-10,12H2. The number of rotatable bonds is 2. The Hall–Kier alpha value is -2.51. The number of hydrogen-bond donors (Lipinski definition) is 3. The summed E-state index contributed by atoms with van der Waals surface area (Å²) in [4.78, 5) is 4.25. The Kier molecular flexibility index (Phi) is 4.44. The molecular weight excluding hydrogens is 429 g/mol. The monoisotopic (exact) mass is 448 g/mol. The number of aliphatic hydroxyl groups is 1. The molecule has 2 aliphatic carbocycles. The molecule has 0 radical (unpaired) electrons. The maximum absolute atomic E-state index is 14.4. The summed E-state index contributed by atoms with van der Waals surface area (Å²) in [5.74, 6) is -0.200. The van der Waals surface area contributed by atoms with Crippen molar-refractivity contribution in [1.82, 2.24) is 4.98 Å². The normalized spacial score (nSPS) is 24.6. The van der Waals surface area contributed by atoms with Gasteiger partial charge in [0.15, 0.2) is 5.60 Å². The van der Waals surface area contributed by atoms with E-state index in [4.69, 9.17) is 11.6 Å². The fraction of sp³-hybridized carbons (Fsp3) is 0.348. The van der Waals surface area contributed by atoms with E-state index in [2.05, 4.69) is 10.3 Å². The number of anilines is 1. The Morgan fingerprint density at radius 1 is 1.10 bits per heavy atom. The van der Waals surface area contributed by atoms with E-state index in [9.17, 15) is 23.4 Å². The van der Waals surface area contributed by atoms with E-state index in [1.54, 1.807) is 36.5 Å². The molecule has 1 fully saturated rings. The molecule has 162 valence electrons. The van der Waals surface area contributed by atoms with Crippen LogP contribution in [0.15, 0.2) is 48.7 Å². The van der Waals surface area contributed by atoms with Gasteiger partial charge in [0.1, 0.15) is 5.75 Å². The molecule has 0 aliphatic heterocycles. The predicted octanol–water partition coefficient (Wildman–Crippen LogP) is 5.87. The van der Waals surface area contributed by atoms with Crippen LogP contribution in [0.4, 0.5) is 18.9 Å². The van der Waals surface area contributed by atoms with Crippen molar-refractivity contribution in [3.05, 3.63) is 64.8 Å². The number of halogens is 4. The molecule has 31 heavy (non-hydrogen) atoms. The van der Waals surface area contributed by atoms with Gasteiger partial charge in [-0.15, -0.1) is 0 Å². The summed E-state index contributed by atoms with van der Waals surface area (Å²) in [6.07, 6.45) is -2.18. The molecule has 4 nitrogen and oxygen atoms in total. The quantitative estimate of drug-likeness (QED) is 0.459. The van der Waals surface area contributed by atoms with Gasteiger partial charge in [0, 0.05) is 28.2 Å². The van der Waals surface area contributed by atoms with Crippen LogP contribution in [0.25, 0.3) is 10.9 Å². The summed E-state index contributed by atoms with van der Waals surface area (Å²) >= 11 is 6.14. The first-order chi connectivity index (χ1) is 14.7. The average Bonchev–Trinajstić information content (AvgIpc) is 2.70. The number of phenolic OH excluding ortho intramolecular Hbond substituents is 1. The average molecular weight is 449 g/mol. The topological polar surface area (TPSA) is 65.4 Å². The van der Waals surface area contributed by atoms with Gasteiger partial charge in [0.2, 0.25) is 0 Å². The van der Waals surface area contributed by atoms with Crippen molar-refractivity contribution in [1.29, 1.82) is 0 Å². The zero-order valence-electron chi connectivity index (χ0n) is 16.4. The van der Waals surface area contributed by atoms with E-state index in [-0.39, 0.29) is 16.3 Å². The molecule has 0 amide bonds. The third-order valence-corrected chi connectivity index (χ3v) is 7.14. The molecule has 2 unspecified atom stereocenters. The molecule has 2 aliphatic rings. The van der Waals surface area contributed by atoms with Gasteiger partial charge >= 0.3 is 6.18 Å². The van der Waals surface area contributed by atoms with E-state index in [1.165, 1.54) is 12.1 Å². The fourth-order valence-corrected chi connectivity index (χ4v) is 5.38. The lowest BCUT2D eigenvalue weighted by molar-refractivity contribution is -0.279. The maximum atomic E-state index is 14.4. The third kappa shape index (κ3) is 2.90. The molecule has 0 saturated heterocycles. The van der Waals surface area contributed by atoms with Gasteiger partial charge in [0.25, 0.3) is 0 Å². The molecule has 1 saturated carbocycles. The molecule has 8 heteroatoms. The van der Waals surface area contributed by atoms with Crippen LogP contribution in [0, 0.1) is 0 Å². The zero-order chi connectivity index (χ0) is 22.0. The summed E-state index contributed by atoms with van der Waals surface area (Å²) in [7, 11) is 0. The van der Waals surface area contributed by atoms with Crippen LogP contribution in [-0.2, 0) is 5.41 Å². The van der Waals surface area contributed by atoms with Crippen LogP contribution in [0.1, 0.15) is 42.9 Å². The van der Waals surface area contributed by atoms with Crippen molar-refractivity contribution >= 4 is 28.2 Å². The van der Waals surface area contributed by atoms with Crippen LogP contribution in [-0.4, -0.2) is 27.0 Å². The molecule has 1 aromatic heterocycles. The van der Waals surface area contributed by atoms with Gasteiger partial charge in [0.05, 0.1) is 16.6 Å². The molecule has 3 N–H and O–H groups in total. The number of aromatic nitrogens is 1. The number of alkyl halides is 3. The van der Waals surface area contributed by atoms with Crippen LogP contribution in [0.3, 0.4) is 0 Å². The molecule has 3 aromatic rings. The Bertz CT molecular complexity index is 1170. The number of benzene rings is 2. The van der Waals surface area contributed by atoms with Crippen molar-refractivity contribution in [2.24, 2.45) is 0 Å². The number of fused-ring (bicyclic) bond motifs is 3. The highest BCUT2D eigenvalue weighted by atomic mass is 35.5. The Balaban J connectivity index is 1.73. The second-order valence-corrected chi connectivity index (χ2v) is 8.95. The molecular formula is C23H20ClF3N2O2. The van der Waals surface area contributed by atoms with Gasteiger partial charge in [-0.3, -0.25) is 4.98 Å². The summed E-state index contributed by atoms with van der Waals surface area (Å²) in [5, 5.41) is 25.6. The maximum Gasteiger partial charge on any atom is 0.419 e. The number of nitrogens with one attached hydrogen (secondary N) is 1. The summed E-state index contributed by atoms with van der Waals surface area (Å²) in [5.41, 5.74) is -2.31. The molecule has 1 heterocycles. The predicted molar refractivity (Wildman–Crippen MR) is 112 cm³/mol. The van der Waals surface area contributed by atoms with E-state index in [1.807, 2.05) is 0 Å². The smallest absolute Gasteiger partial charge is 0.419 e. The number of phenols is 1. The highest BCUT2D eigenvalue weighted by molar-refractivity contribution is 6.32. The van der Waals surface area contributed by atoms with E-state index >= 15 is 0 Å². The van der Waals surface area contributed by atoms with Gasteiger partial charge in [-0.2, -0.15) is 13.2 Å². The Morgan fingerprint density at radius 3 is 2.55 bits per heavy atom. The first kappa shape index (κ1) is 20.4. The zero-order valence-corrected chi connectivity index (χ0v) is 17.1. The largest absolute Gasteiger partial charge is 0.506 e. The van der Waals surface area contributed by atoms with Crippen LogP contribution in [0.2, 0.25) is 5.02 Å². The highest BCUT2D eigenvalue weighted by Crippen LogP contribution is 2.63. The van der Waals surface area contributed by atoms with Crippen LogP contribution < -0.4 is 5.32 Å². The van der Waals surface area contributed by atoms with Crippen molar-refractivity contribution < 1.29 is 23.4 Å². The number of aromatic hydroxyl groups is 1. The summed E-state index contributed by atoms with van der Waals surface area (Å²) < 4.78 is 43.1. The highest BCUT2D eigenvalue weighted by Gasteiger charge is 2.66.